The molecule has 7 aliphatic rings. The highest BCUT2D eigenvalue weighted by Crippen LogP contribution is 2.29. The zero-order valence-electron chi connectivity index (χ0n) is 62.6. The molecule has 0 radical (unpaired) electrons. The van der Waals surface area contributed by atoms with E-state index in [-0.39, 0.29) is 50.1 Å². The van der Waals surface area contributed by atoms with Crippen LogP contribution >= 0.6 is 0 Å². The first-order valence-corrected chi connectivity index (χ1v) is 57.9. The molecule has 9 N–H and O–H groups in total. The molecule has 7 heterocycles. The van der Waals surface area contributed by atoms with Gasteiger partial charge in [0, 0.05) is 142 Å². The molecule has 7 fully saturated rings. The normalized spacial score (nSPS) is 30.3. The van der Waals surface area contributed by atoms with Crippen molar-refractivity contribution < 1.29 is 110 Å². The number of carbonyl (C=O) groups excluding carboxylic acids is 1. The Hall–Kier alpha value is -2.40. The Balaban J connectivity index is 0.000000253. The van der Waals surface area contributed by atoms with Crippen molar-refractivity contribution in [2.45, 2.75) is 186 Å². The molecular weight excluding hydrogens is 1480 g/mol. The molecule has 7 aliphatic heterocycles. The molecule has 0 aliphatic carbocycles. The highest BCUT2D eigenvalue weighted by molar-refractivity contribution is 6.82. The maximum atomic E-state index is 10.6. The average molecular weight is 1610 g/mol. The molecule has 0 spiro atoms. The molecule has 102 heavy (non-hydrogen) atoms. The van der Waals surface area contributed by atoms with E-state index in [1.807, 2.05) is 114 Å². The first-order chi connectivity index (χ1) is 48.1. The second-order valence-electron chi connectivity index (χ2n) is 27.2. The smallest absolute Gasteiger partial charge is 0.494 e. The fraction of sp³-hybridized carbons (Fsp3) is 0.627. The topological polar surface area (TPSA) is 332 Å². The summed E-state index contributed by atoms with van der Waals surface area (Å²) < 4.78 is 77.2. The Morgan fingerprint density at radius 3 is 1.14 bits per heavy atom. The Morgan fingerprint density at radius 2 is 0.765 bits per heavy atom. The van der Waals surface area contributed by atoms with Crippen molar-refractivity contribution in [1.82, 2.24) is 5.06 Å². The minimum absolute atomic E-state index is 0.0646. The van der Waals surface area contributed by atoms with Gasteiger partial charge in [-0.1, -0.05) is 135 Å². The van der Waals surface area contributed by atoms with Crippen LogP contribution in [-0.2, 0) is 66.9 Å². The van der Waals surface area contributed by atoms with Crippen LogP contribution in [0.25, 0.3) is 0 Å². The van der Waals surface area contributed by atoms with E-state index in [9.17, 15) is 48.0 Å². The summed E-state index contributed by atoms with van der Waals surface area (Å²) in [7, 11) is -23.2. The summed E-state index contributed by atoms with van der Waals surface area (Å²) in [5, 5.41) is 5.95. The summed E-state index contributed by atoms with van der Waals surface area (Å²) in [5.41, 5.74) is -0.139. The summed E-state index contributed by atoms with van der Waals surface area (Å²) in [6.45, 7) is 24.0. The average Bonchev–Trinajstić information content (AvgIpc) is 0.797. The van der Waals surface area contributed by atoms with Crippen molar-refractivity contribution in [2.24, 2.45) is 0 Å². The summed E-state index contributed by atoms with van der Waals surface area (Å²) >= 11 is 0. The number of hydroxylamine groups is 2. The molecule has 11 rings (SSSR count). The molecule has 0 aromatic heterocycles. The van der Waals surface area contributed by atoms with Crippen molar-refractivity contribution in [3.05, 3.63) is 121 Å². The Kier molecular flexibility index (Phi) is 40.5. The van der Waals surface area contributed by atoms with E-state index in [2.05, 4.69) is 69.3 Å². The van der Waals surface area contributed by atoms with E-state index in [0.29, 0.717) is 50.6 Å². The Morgan fingerprint density at radius 1 is 0.412 bits per heavy atom. The number of rotatable bonds is 10. The van der Waals surface area contributed by atoms with Crippen LogP contribution in [-0.4, -0.2) is 233 Å². The lowest BCUT2D eigenvalue weighted by Crippen LogP contribution is -2.58. The molecule has 7 saturated heterocycles. The quantitative estimate of drug-likeness (QED) is 0.0598. The summed E-state index contributed by atoms with van der Waals surface area (Å²) in [6, 6.07) is 45.3. The molecule has 0 saturated carbocycles. The number of hydrogen-bond donors (Lipinski definition) is 9. The van der Waals surface area contributed by atoms with Crippen LogP contribution in [0.15, 0.2) is 121 Å². The Bertz CT molecular complexity index is 2750. The molecule has 0 bridgehead atoms. The molecule has 8 unspecified atom stereocenters. The highest BCUT2D eigenvalue weighted by Gasteiger charge is 2.47. The van der Waals surface area contributed by atoms with Gasteiger partial charge in [-0.25, -0.2) is 5.06 Å². The third-order valence-corrected chi connectivity index (χ3v) is 41.7. The van der Waals surface area contributed by atoms with Gasteiger partial charge in [0.15, 0.2) is 0 Å². The van der Waals surface area contributed by atoms with Crippen molar-refractivity contribution in [3.63, 3.8) is 0 Å². The van der Waals surface area contributed by atoms with Crippen molar-refractivity contribution in [3.8, 4) is 0 Å². The van der Waals surface area contributed by atoms with Gasteiger partial charge in [0.1, 0.15) is 0 Å². The van der Waals surface area contributed by atoms with Gasteiger partial charge >= 0.3 is 86.3 Å². The van der Waals surface area contributed by atoms with Crippen LogP contribution in [0.5, 0.6) is 0 Å². The third-order valence-electron chi connectivity index (χ3n) is 16.6. The highest BCUT2D eigenvalue weighted by atomic mass is 28.4. The number of hydrogen-bond acceptors (Lipinski definition) is 25. The minimum atomic E-state index is -3.55. The van der Waals surface area contributed by atoms with Gasteiger partial charge < -0.3 is 105 Å². The zero-order chi connectivity index (χ0) is 75.5. The van der Waals surface area contributed by atoms with E-state index in [0.717, 1.165) is 92.9 Å². The van der Waals surface area contributed by atoms with Gasteiger partial charge in [-0.3, -0.25) is 4.79 Å². The van der Waals surface area contributed by atoms with Crippen molar-refractivity contribution in [2.75, 3.05) is 86.8 Å². The number of nitrogens with zero attached hydrogens (tertiary/aromatic N) is 1. The first kappa shape index (κ1) is 92.0. The standard InChI is InChI=1S/C14H22O2Si.C12H19NO2Si.C11H18O4Si2.C10H16O5Si2.C7H14O3Si.C6H14O3Si.C5H14O5Si2.C2H6/c1-14(2,3)16-17(12-8-7-11-15-17)13-9-5-4-6-10-13;1-13(2)15-16(11-7-6-10-14-16)12-8-4-3-5-9-12;1-16(12)9-7-15-17(13,10-8-14-16)11-5-3-2-4-6-11;11-16(10-4-2-1-3-5-10)8-6-15-17(12,13)9-7-14-16;1-7(8)10-11(2)6-4-3-5-9-11;1-2-8-10(7)6-4-3-5-9-10;1-11(6)4-2-10-12(7,8)5-3-9-11;1-2/h4-6,9-10H,7-8,11-12H2,1-3H3;3-5,8-9H,6-7,10-11H2,1-2H3;2-6,12-13H,7-10H2,1H3;1-5,11-13H,6-9H2;3-6H2,1-2H3;7H,2-6H2,1H3;6-8H,2-5H2,1H3;1-2H3. The predicted molar refractivity (Wildman–Crippen MR) is 414 cm³/mol. The van der Waals surface area contributed by atoms with Gasteiger partial charge in [-0.15, -0.1) is 0 Å². The minimum Gasteiger partial charge on any atom is -0.494 e. The maximum Gasteiger partial charge on any atom is 0.498 e. The van der Waals surface area contributed by atoms with Gasteiger partial charge in [0.05, 0.1) is 5.60 Å². The largest absolute Gasteiger partial charge is 0.498 e. The predicted octanol–water partition coefficient (Wildman–Crippen LogP) is 6.58. The fourth-order valence-electron chi connectivity index (χ4n) is 11.4. The van der Waals surface area contributed by atoms with Crippen LogP contribution in [0.3, 0.4) is 0 Å². The van der Waals surface area contributed by atoms with Gasteiger partial charge in [0.2, 0.25) is 0 Å². The van der Waals surface area contributed by atoms with Crippen molar-refractivity contribution in [1.29, 1.82) is 0 Å². The van der Waals surface area contributed by atoms with Gasteiger partial charge in [-0.05, 0) is 132 Å². The lowest BCUT2D eigenvalue weighted by Gasteiger charge is -2.39. The summed E-state index contributed by atoms with van der Waals surface area (Å²) in [4.78, 5) is 98.0. The number of benzene rings is 4. The third kappa shape index (κ3) is 34.9. The molecule has 35 heteroatoms. The lowest BCUT2D eigenvalue weighted by molar-refractivity contribution is -0.134. The van der Waals surface area contributed by atoms with E-state index in [1.54, 1.807) is 18.2 Å². The van der Waals surface area contributed by atoms with Crippen molar-refractivity contribution >= 4 is 113 Å². The zero-order valence-corrected chi connectivity index (χ0v) is 72.6. The first-order valence-electron chi connectivity index (χ1n) is 36.1. The van der Waals surface area contributed by atoms with E-state index in [1.165, 1.54) is 30.1 Å². The molecule has 580 valence electrons. The monoisotopic (exact) mass is 1610 g/mol. The Labute approximate surface area is 618 Å². The van der Waals surface area contributed by atoms with Crippen LogP contribution in [0, 0.1) is 0 Å². The molecule has 4 aromatic carbocycles. The molecule has 0 amide bonds. The van der Waals surface area contributed by atoms with Gasteiger partial charge in [0.25, 0.3) is 5.97 Å². The van der Waals surface area contributed by atoms with Crippen LogP contribution in [0.2, 0.25) is 80.1 Å². The van der Waals surface area contributed by atoms with E-state index >= 15 is 0 Å². The molecule has 8 atom stereocenters. The molecule has 4 aromatic rings. The second kappa shape index (κ2) is 44.9. The lowest BCUT2D eigenvalue weighted by atomic mass is 10.2. The van der Waals surface area contributed by atoms with Crippen LogP contribution in [0.1, 0.15) is 99.8 Å². The van der Waals surface area contributed by atoms with E-state index < -0.39 is 86.3 Å². The molecule has 25 nitrogen and oxygen atoms in total. The second-order valence-corrected chi connectivity index (χ2v) is 55.8. The number of carbonyl (C=O) groups is 1. The van der Waals surface area contributed by atoms with Gasteiger partial charge in [-0.2, -0.15) is 0 Å². The summed E-state index contributed by atoms with van der Waals surface area (Å²) in [5.74, 6) is -0.207. The SMILES string of the molecule is CC.CC(=O)O[Si]1(C)CCCCO1.CC(C)(C)O[Si]1(c2ccccc2)CCCCO1.CCO[Si]1(O)CCCCO1.CN(C)O[Si]1(c2ccccc2)CCCCO1.C[Si]1(O)CCO[Si](O)(O)CCO1.C[Si]1(O)CCO[Si](O)(c2ccccc2)CCO1.O[Si]1(O)CCO[Si](O)(c2ccccc2)CCO1. The maximum absolute atomic E-state index is 10.6. The molecular formula is C67H123NO24Si10. The van der Waals surface area contributed by atoms with Crippen LogP contribution < -0.4 is 20.7 Å². The fourth-order valence-corrected chi connectivity index (χ4v) is 32.6. The van der Waals surface area contributed by atoms with Crippen LogP contribution in [0.4, 0.5) is 0 Å². The summed E-state index contributed by atoms with van der Waals surface area (Å²) in [6.07, 6.45) is 9.07. The van der Waals surface area contributed by atoms with E-state index in [4.69, 9.17) is 62.1 Å².